The number of hydrogen-bond donors (Lipinski definition) is 1. The van der Waals surface area contributed by atoms with Crippen LogP contribution in [0.4, 0.5) is 0 Å². The first kappa shape index (κ1) is 9.87. The summed E-state index contributed by atoms with van der Waals surface area (Å²) in [7, 11) is 0. The van der Waals surface area contributed by atoms with Gasteiger partial charge in [0.1, 0.15) is 6.29 Å². The van der Waals surface area contributed by atoms with Crippen molar-refractivity contribution in [3.05, 3.63) is 0 Å². The van der Waals surface area contributed by atoms with Crippen LogP contribution in [0.2, 0.25) is 0 Å². The standard InChI is InChI=1S/C6H14N4O/c1-6(2)5-10(3-4-11)9-8-7/h4,6H,3,5H2,1-2H3,(H2,7,9). The van der Waals surface area contributed by atoms with Gasteiger partial charge in [-0.1, -0.05) is 24.3 Å². The number of nitrogens with two attached hydrogens (primary N) is 1. The molecule has 0 unspecified atom stereocenters. The molecule has 0 bridgehead atoms. The first-order valence-corrected chi connectivity index (χ1v) is 3.50. The maximum absolute atomic E-state index is 10.1. The molecular formula is C6H14N4O. The van der Waals surface area contributed by atoms with Crippen molar-refractivity contribution in [2.75, 3.05) is 13.1 Å². The molecule has 5 nitrogen and oxygen atoms in total. The van der Waals surface area contributed by atoms with Gasteiger partial charge in [-0.3, -0.25) is 5.01 Å². The third-order valence-electron chi connectivity index (χ3n) is 1.04. The van der Waals surface area contributed by atoms with Crippen LogP contribution in [0.1, 0.15) is 13.8 Å². The van der Waals surface area contributed by atoms with Gasteiger partial charge in [-0.2, -0.15) is 0 Å². The number of carbonyl (C=O) groups is 1. The molecule has 0 aromatic rings. The molecule has 64 valence electrons. The van der Waals surface area contributed by atoms with Crippen LogP contribution in [0.5, 0.6) is 0 Å². The van der Waals surface area contributed by atoms with Crippen LogP contribution in [0.25, 0.3) is 0 Å². The van der Waals surface area contributed by atoms with Gasteiger partial charge in [0.2, 0.25) is 0 Å². The van der Waals surface area contributed by atoms with Crippen LogP contribution in [-0.4, -0.2) is 24.4 Å². The Kier molecular flexibility index (Phi) is 5.06. The number of nitrogens with zero attached hydrogens (tertiary/aromatic N) is 3. The lowest BCUT2D eigenvalue weighted by atomic mass is 10.2. The molecule has 0 saturated heterocycles. The maximum atomic E-state index is 10.1. The van der Waals surface area contributed by atoms with Crippen LogP contribution < -0.4 is 5.84 Å². The first-order chi connectivity index (χ1) is 5.20. The largest absolute Gasteiger partial charge is 0.303 e. The Balaban J connectivity index is 3.78. The average Bonchev–Trinajstić information content (AvgIpc) is 1.87. The number of rotatable bonds is 5. The summed E-state index contributed by atoms with van der Waals surface area (Å²) in [4.78, 5) is 10.1. The highest BCUT2D eigenvalue weighted by Gasteiger charge is 2.02. The summed E-state index contributed by atoms with van der Waals surface area (Å²) in [6.07, 6.45) is 0.775. The van der Waals surface area contributed by atoms with Gasteiger partial charge in [-0.15, -0.1) is 0 Å². The normalized spacial score (nSPS) is 10.8. The Labute approximate surface area is 66.2 Å². The Morgan fingerprint density at radius 2 is 2.27 bits per heavy atom. The monoisotopic (exact) mass is 158 g/mol. The second-order valence-electron chi connectivity index (χ2n) is 2.64. The van der Waals surface area contributed by atoms with E-state index < -0.39 is 0 Å². The third-order valence-corrected chi connectivity index (χ3v) is 1.04. The van der Waals surface area contributed by atoms with Crippen molar-refractivity contribution in [2.24, 2.45) is 22.2 Å². The molecule has 2 N–H and O–H groups in total. The molecule has 5 heteroatoms. The molecule has 11 heavy (non-hydrogen) atoms. The lowest BCUT2D eigenvalue weighted by Crippen LogP contribution is -2.24. The van der Waals surface area contributed by atoms with Gasteiger partial charge < -0.3 is 10.6 Å². The van der Waals surface area contributed by atoms with Crippen molar-refractivity contribution in [1.82, 2.24) is 5.01 Å². The van der Waals surface area contributed by atoms with Gasteiger partial charge in [-0.25, -0.2) is 0 Å². The molecule has 0 atom stereocenters. The van der Waals surface area contributed by atoms with E-state index in [1.54, 1.807) is 0 Å². The van der Waals surface area contributed by atoms with E-state index in [-0.39, 0.29) is 6.54 Å². The first-order valence-electron chi connectivity index (χ1n) is 3.50. The van der Waals surface area contributed by atoms with Crippen LogP contribution in [-0.2, 0) is 4.79 Å². The fourth-order valence-electron chi connectivity index (χ4n) is 0.728. The second kappa shape index (κ2) is 5.64. The highest BCUT2D eigenvalue weighted by atomic mass is 16.1. The molecule has 0 aromatic heterocycles. The van der Waals surface area contributed by atoms with Crippen LogP contribution in [0, 0.1) is 5.92 Å². The molecule has 0 rings (SSSR count). The zero-order valence-electron chi connectivity index (χ0n) is 6.90. The quantitative estimate of drug-likeness (QED) is 0.272. The molecule has 0 amide bonds. The Morgan fingerprint density at radius 3 is 2.64 bits per heavy atom. The van der Waals surface area contributed by atoms with Crippen molar-refractivity contribution in [1.29, 1.82) is 0 Å². The predicted octanol–water partition coefficient (Wildman–Crippen LogP) is 0.384. The van der Waals surface area contributed by atoms with Crippen molar-refractivity contribution in [2.45, 2.75) is 13.8 Å². The summed E-state index contributed by atoms with van der Waals surface area (Å²) < 4.78 is 0. The summed E-state index contributed by atoms with van der Waals surface area (Å²) in [5.74, 6) is 5.28. The molecule has 0 heterocycles. The van der Waals surface area contributed by atoms with Crippen LogP contribution >= 0.6 is 0 Å². The van der Waals surface area contributed by atoms with Gasteiger partial charge in [0.25, 0.3) is 0 Å². The fraction of sp³-hybridized carbons (Fsp3) is 0.833. The lowest BCUT2D eigenvalue weighted by Gasteiger charge is -2.15. The van der Waals surface area contributed by atoms with Gasteiger partial charge >= 0.3 is 0 Å². The molecule has 0 fully saturated rings. The second-order valence-corrected chi connectivity index (χ2v) is 2.64. The summed E-state index contributed by atoms with van der Waals surface area (Å²) in [5.41, 5.74) is 0. The third kappa shape index (κ3) is 5.32. The maximum Gasteiger partial charge on any atom is 0.141 e. The molecule has 0 saturated carbocycles. The molecule has 0 radical (unpaired) electrons. The Bertz CT molecular complexity index is 135. The SMILES string of the molecule is CC(C)CN(CC=O)/N=N\N. The lowest BCUT2D eigenvalue weighted by molar-refractivity contribution is -0.109. The van der Waals surface area contributed by atoms with Crippen LogP contribution in [0.3, 0.4) is 0 Å². The number of carbonyl (C=O) groups excluding carboxylic acids is 1. The van der Waals surface area contributed by atoms with E-state index in [4.69, 9.17) is 5.84 Å². The fourth-order valence-corrected chi connectivity index (χ4v) is 0.728. The topological polar surface area (TPSA) is 71.0 Å². The zero-order chi connectivity index (χ0) is 8.69. The molecule has 0 aliphatic carbocycles. The Hall–Kier alpha value is -1.13. The molecule has 0 spiro atoms. The minimum atomic E-state index is 0.249. The van der Waals surface area contributed by atoms with Gasteiger partial charge in [0, 0.05) is 6.54 Å². The molecule has 0 aromatic carbocycles. The summed E-state index contributed by atoms with van der Waals surface area (Å²) in [6.45, 7) is 5.01. The van der Waals surface area contributed by atoms with Gasteiger partial charge in [-0.05, 0) is 5.92 Å². The van der Waals surface area contributed by atoms with E-state index in [9.17, 15) is 4.79 Å². The Morgan fingerprint density at radius 1 is 1.64 bits per heavy atom. The number of hydrogen-bond acceptors (Lipinski definition) is 3. The summed E-state index contributed by atoms with van der Waals surface area (Å²) >= 11 is 0. The smallest absolute Gasteiger partial charge is 0.141 e. The highest BCUT2D eigenvalue weighted by Crippen LogP contribution is 1.97. The van der Waals surface area contributed by atoms with Crippen LogP contribution in [0.15, 0.2) is 10.4 Å². The minimum absolute atomic E-state index is 0.249. The van der Waals surface area contributed by atoms with Gasteiger partial charge in [0.15, 0.2) is 0 Å². The van der Waals surface area contributed by atoms with E-state index in [1.807, 2.05) is 13.8 Å². The van der Waals surface area contributed by atoms with E-state index in [0.29, 0.717) is 12.5 Å². The summed E-state index contributed by atoms with van der Waals surface area (Å²) in [5, 5.41) is 8.18. The highest BCUT2D eigenvalue weighted by molar-refractivity contribution is 5.51. The van der Waals surface area contributed by atoms with Crippen molar-refractivity contribution < 1.29 is 4.79 Å². The molecule has 0 aliphatic rings. The molecular weight excluding hydrogens is 144 g/mol. The minimum Gasteiger partial charge on any atom is -0.303 e. The van der Waals surface area contributed by atoms with E-state index in [0.717, 1.165) is 6.29 Å². The van der Waals surface area contributed by atoms with Gasteiger partial charge in [0.05, 0.1) is 6.54 Å². The number of aldehydes is 1. The van der Waals surface area contributed by atoms with E-state index in [1.165, 1.54) is 5.01 Å². The zero-order valence-corrected chi connectivity index (χ0v) is 6.90. The molecule has 0 aliphatic heterocycles. The van der Waals surface area contributed by atoms with E-state index in [2.05, 4.69) is 10.4 Å². The van der Waals surface area contributed by atoms with Crippen molar-refractivity contribution in [3.8, 4) is 0 Å². The average molecular weight is 158 g/mol. The van der Waals surface area contributed by atoms with E-state index >= 15 is 0 Å². The summed E-state index contributed by atoms with van der Waals surface area (Å²) in [6, 6.07) is 0. The van der Waals surface area contributed by atoms with Crippen molar-refractivity contribution >= 4 is 6.29 Å². The predicted molar refractivity (Wildman–Crippen MR) is 41.5 cm³/mol. The van der Waals surface area contributed by atoms with Crippen molar-refractivity contribution in [3.63, 3.8) is 0 Å².